The molecular formula is C43H52ClN3O5S. The third-order valence-electron chi connectivity index (χ3n) is 13.3. The lowest BCUT2D eigenvalue weighted by atomic mass is 9.63. The van der Waals surface area contributed by atoms with Gasteiger partial charge in [-0.25, -0.2) is 13.1 Å². The zero-order valence-electron chi connectivity index (χ0n) is 31.2. The molecule has 0 unspecified atom stereocenters. The SMILES string of the molecule is CO[C@@]1(CN2CCc3ccccc3C2)/C=C\C[C@H](C)[C@@H](C)S(=O)(=O)NC(=O)c2ccc3c(c2)N(C[C@@H]2CC[C@H]21)C[C@@]1(CCCc2cc(Cl)ccc21)CO3. The normalized spacial score (nSPS) is 31.8. The number of amides is 1. The summed E-state index contributed by atoms with van der Waals surface area (Å²) in [6, 6.07) is 20.4. The average molecular weight is 758 g/mol. The largest absolute Gasteiger partial charge is 0.490 e. The van der Waals surface area contributed by atoms with E-state index in [2.05, 4.69) is 63.1 Å². The highest BCUT2D eigenvalue weighted by Gasteiger charge is 2.50. The standard InChI is InChI=1S/C43H52ClN3O5S/c1-29-8-6-20-43(51-3,27-46-21-18-31-9-4-5-10-34(31)24-46)38-15-12-35(38)25-47-26-42(19-7-11-32-22-36(44)14-16-37(32)42)28-52-40-17-13-33(23-39(40)47)41(48)45-53(49,50)30(29)2/h4-6,9-10,13-14,16-17,20,22-23,29-30,35,38H,7-8,11-12,15,18-19,21,24-28H2,1-3H3,(H,45,48)/b20-6-/t29-,30+,35-,38+,42-,43+/m0/s1. The first-order valence-corrected chi connectivity index (χ1v) is 21.3. The van der Waals surface area contributed by atoms with Gasteiger partial charge in [0.15, 0.2) is 0 Å². The van der Waals surface area contributed by atoms with Crippen LogP contribution in [0.3, 0.4) is 0 Å². The van der Waals surface area contributed by atoms with Gasteiger partial charge in [-0.2, -0.15) is 0 Å². The fourth-order valence-corrected chi connectivity index (χ4v) is 11.3. The van der Waals surface area contributed by atoms with Crippen LogP contribution >= 0.6 is 11.6 Å². The van der Waals surface area contributed by atoms with E-state index in [1.54, 1.807) is 13.0 Å². The van der Waals surface area contributed by atoms with E-state index in [1.807, 2.05) is 32.2 Å². The molecule has 2 aliphatic carbocycles. The van der Waals surface area contributed by atoms with E-state index in [-0.39, 0.29) is 17.3 Å². The minimum absolute atomic E-state index is 0.224. The number of nitrogens with zero attached hydrogens (tertiary/aromatic N) is 2. The van der Waals surface area contributed by atoms with E-state index < -0.39 is 26.8 Å². The van der Waals surface area contributed by atoms with E-state index in [4.69, 9.17) is 21.1 Å². The number of aryl methyl sites for hydroxylation is 1. The number of hydrogen-bond donors (Lipinski definition) is 1. The highest BCUT2D eigenvalue weighted by Crippen LogP contribution is 2.49. The van der Waals surface area contributed by atoms with Crippen LogP contribution in [0.15, 0.2) is 72.8 Å². The number of fused-ring (bicyclic) bond motifs is 5. The van der Waals surface area contributed by atoms with Crippen LogP contribution in [0.2, 0.25) is 5.02 Å². The van der Waals surface area contributed by atoms with Gasteiger partial charge in [0.1, 0.15) is 11.4 Å². The average Bonchev–Trinajstić information content (AvgIpc) is 3.28. The number of nitrogens with one attached hydrogen (secondary N) is 1. The Morgan fingerprint density at radius 2 is 1.85 bits per heavy atom. The summed E-state index contributed by atoms with van der Waals surface area (Å²) in [7, 11) is -2.11. The Morgan fingerprint density at radius 3 is 2.64 bits per heavy atom. The van der Waals surface area contributed by atoms with E-state index in [0.29, 0.717) is 36.8 Å². The first-order valence-electron chi connectivity index (χ1n) is 19.4. The molecule has 1 saturated carbocycles. The van der Waals surface area contributed by atoms with Crippen molar-refractivity contribution in [1.29, 1.82) is 0 Å². The molecule has 3 aliphatic heterocycles. The summed E-state index contributed by atoms with van der Waals surface area (Å²) >= 11 is 6.51. The molecule has 3 aromatic carbocycles. The van der Waals surface area contributed by atoms with Gasteiger partial charge in [-0.05, 0) is 122 Å². The number of allylic oxidation sites excluding steroid dienone is 1. The van der Waals surface area contributed by atoms with Crippen LogP contribution in [-0.2, 0) is 39.6 Å². The third-order valence-corrected chi connectivity index (χ3v) is 15.4. The number of methoxy groups -OCH3 is 1. The fraction of sp³-hybridized carbons (Fsp3) is 0.512. The molecule has 53 heavy (non-hydrogen) atoms. The molecule has 1 fully saturated rings. The molecular weight excluding hydrogens is 706 g/mol. The number of halogens is 1. The number of benzene rings is 3. The molecule has 3 aromatic rings. The molecule has 0 radical (unpaired) electrons. The molecule has 2 bridgehead atoms. The van der Waals surface area contributed by atoms with E-state index in [9.17, 15) is 13.2 Å². The molecule has 282 valence electrons. The molecule has 0 saturated heterocycles. The van der Waals surface area contributed by atoms with Gasteiger partial charge in [0.25, 0.3) is 5.91 Å². The van der Waals surface area contributed by atoms with Gasteiger partial charge < -0.3 is 14.4 Å². The van der Waals surface area contributed by atoms with Crippen molar-refractivity contribution in [2.45, 2.75) is 81.6 Å². The number of rotatable bonds is 3. The van der Waals surface area contributed by atoms with Crippen LogP contribution in [0.5, 0.6) is 5.75 Å². The second-order valence-electron chi connectivity index (χ2n) is 16.4. The van der Waals surface area contributed by atoms with Crippen molar-refractivity contribution in [3.63, 3.8) is 0 Å². The van der Waals surface area contributed by atoms with Gasteiger partial charge in [-0.3, -0.25) is 9.69 Å². The van der Waals surface area contributed by atoms with Crippen LogP contribution < -0.4 is 14.4 Å². The third kappa shape index (κ3) is 6.92. The molecule has 1 amide bonds. The van der Waals surface area contributed by atoms with Crippen molar-refractivity contribution < 1.29 is 22.7 Å². The van der Waals surface area contributed by atoms with Gasteiger partial charge in [-0.15, -0.1) is 0 Å². The zero-order valence-corrected chi connectivity index (χ0v) is 32.7. The van der Waals surface area contributed by atoms with Crippen LogP contribution in [0.1, 0.15) is 78.6 Å². The first-order chi connectivity index (χ1) is 25.5. The van der Waals surface area contributed by atoms with Crippen molar-refractivity contribution in [3.05, 3.63) is 106 Å². The number of carbonyl (C=O) groups excluding carboxylic acids is 1. The fourth-order valence-electron chi connectivity index (χ4n) is 9.85. The summed E-state index contributed by atoms with van der Waals surface area (Å²) in [5.41, 5.74) is 5.66. The zero-order chi connectivity index (χ0) is 37.0. The second kappa shape index (κ2) is 14.4. The van der Waals surface area contributed by atoms with Crippen molar-refractivity contribution in [2.75, 3.05) is 44.8 Å². The van der Waals surface area contributed by atoms with E-state index in [1.165, 1.54) is 22.3 Å². The number of hydrogen-bond acceptors (Lipinski definition) is 7. The molecule has 1 N–H and O–H groups in total. The quantitative estimate of drug-likeness (QED) is 0.280. The molecule has 1 spiro atoms. The Kier molecular flexibility index (Phi) is 9.92. The predicted molar refractivity (Wildman–Crippen MR) is 210 cm³/mol. The predicted octanol–water partition coefficient (Wildman–Crippen LogP) is 7.33. The minimum atomic E-state index is -3.96. The van der Waals surface area contributed by atoms with Crippen molar-refractivity contribution >= 4 is 33.2 Å². The minimum Gasteiger partial charge on any atom is -0.490 e. The van der Waals surface area contributed by atoms with Gasteiger partial charge in [-0.1, -0.05) is 61.0 Å². The monoisotopic (exact) mass is 757 g/mol. The number of anilines is 1. The first kappa shape index (κ1) is 36.6. The van der Waals surface area contributed by atoms with Crippen LogP contribution in [0.4, 0.5) is 5.69 Å². The molecule has 10 heteroatoms. The Balaban J connectivity index is 1.20. The summed E-state index contributed by atoms with van der Waals surface area (Å²) in [5.74, 6) is 0.451. The van der Waals surface area contributed by atoms with Crippen molar-refractivity contribution in [1.82, 2.24) is 9.62 Å². The van der Waals surface area contributed by atoms with E-state index >= 15 is 0 Å². The number of ether oxygens (including phenoxy) is 2. The van der Waals surface area contributed by atoms with Crippen molar-refractivity contribution in [2.24, 2.45) is 17.8 Å². The maximum atomic E-state index is 13.7. The maximum absolute atomic E-state index is 13.7. The lowest BCUT2D eigenvalue weighted by Crippen LogP contribution is -2.57. The highest BCUT2D eigenvalue weighted by molar-refractivity contribution is 7.90. The molecule has 0 aromatic heterocycles. The summed E-state index contributed by atoms with van der Waals surface area (Å²) in [5, 5.41) is -0.0344. The second-order valence-corrected chi connectivity index (χ2v) is 18.9. The molecule has 6 atom stereocenters. The number of carbonyl (C=O) groups is 1. The summed E-state index contributed by atoms with van der Waals surface area (Å²) in [4.78, 5) is 18.6. The molecule has 5 aliphatic rings. The smallest absolute Gasteiger partial charge is 0.264 e. The summed E-state index contributed by atoms with van der Waals surface area (Å²) in [6.07, 6.45) is 11.1. The number of sulfonamides is 1. The van der Waals surface area contributed by atoms with E-state index in [0.717, 1.165) is 75.4 Å². The summed E-state index contributed by atoms with van der Waals surface area (Å²) < 4.78 is 43.1. The Bertz CT molecular complexity index is 2020. The summed E-state index contributed by atoms with van der Waals surface area (Å²) in [6.45, 7) is 8.22. The lowest BCUT2D eigenvalue weighted by molar-refractivity contribution is -0.0932. The van der Waals surface area contributed by atoms with Gasteiger partial charge in [0, 0.05) is 55.8 Å². The maximum Gasteiger partial charge on any atom is 0.264 e. The van der Waals surface area contributed by atoms with Crippen molar-refractivity contribution in [3.8, 4) is 5.75 Å². The highest BCUT2D eigenvalue weighted by atomic mass is 35.5. The van der Waals surface area contributed by atoms with Crippen LogP contribution in [0, 0.1) is 17.8 Å². The van der Waals surface area contributed by atoms with Gasteiger partial charge in [0.05, 0.1) is 17.5 Å². The topological polar surface area (TPSA) is 88.2 Å². The van der Waals surface area contributed by atoms with Crippen LogP contribution in [0.25, 0.3) is 0 Å². The molecule has 8 rings (SSSR count). The van der Waals surface area contributed by atoms with Gasteiger partial charge in [0.2, 0.25) is 10.0 Å². The molecule has 8 nitrogen and oxygen atoms in total. The Hall–Kier alpha value is -3.37. The lowest BCUT2D eigenvalue weighted by Gasteiger charge is -2.52. The Morgan fingerprint density at radius 1 is 1.02 bits per heavy atom. The van der Waals surface area contributed by atoms with Crippen LogP contribution in [-0.4, -0.2) is 70.0 Å². The van der Waals surface area contributed by atoms with Gasteiger partial charge >= 0.3 is 0 Å². The molecule has 3 heterocycles. The Labute approximate surface area is 319 Å².